The van der Waals surface area contributed by atoms with Gasteiger partial charge in [0.15, 0.2) is 0 Å². The van der Waals surface area contributed by atoms with Crippen LogP contribution in [0.5, 0.6) is 0 Å². The van der Waals surface area contributed by atoms with Crippen LogP contribution >= 0.6 is 0 Å². The second-order valence-electron chi connectivity index (χ2n) is 7.39. The third-order valence-corrected chi connectivity index (χ3v) is 4.31. The normalized spacial score (nSPS) is 23.2. The van der Waals surface area contributed by atoms with E-state index in [9.17, 15) is 9.59 Å². The molecular formula is C19H27NO3. The smallest absolute Gasteiger partial charge is 0.407 e. The number of ketones is 1. The zero-order valence-corrected chi connectivity index (χ0v) is 14.5. The molecule has 1 aliphatic carbocycles. The topological polar surface area (TPSA) is 55.4 Å². The van der Waals surface area contributed by atoms with E-state index in [1.165, 1.54) is 5.56 Å². The monoisotopic (exact) mass is 317 g/mol. The van der Waals surface area contributed by atoms with E-state index >= 15 is 0 Å². The van der Waals surface area contributed by atoms with E-state index < -0.39 is 11.7 Å². The van der Waals surface area contributed by atoms with Gasteiger partial charge in [-0.25, -0.2) is 4.79 Å². The molecule has 2 rings (SSSR count). The highest BCUT2D eigenvalue weighted by Gasteiger charge is 2.34. The Morgan fingerprint density at radius 2 is 1.91 bits per heavy atom. The lowest BCUT2D eigenvalue weighted by atomic mass is 9.74. The van der Waals surface area contributed by atoms with Crippen LogP contribution in [0.1, 0.15) is 58.4 Å². The zero-order chi connectivity index (χ0) is 17.0. The Morgan fingerprint density at radius 1 is 1.26 bits per heavy atom. The number of hydrogen-bond donors (Lipinski definition) is 1. The van der Waals surface area contributed by atoms with Crippen LogP contribution in [-0.2, 0) is 9.53 Å². The number of nitrogens with one attached hydrogen (secondary N) is 1. The van der Waals surface area contributed by atoms with E-state index in [1.54, 1.807) is 0 Å². The van der Waals surface area contributed by atoms with Crippen LogP contribution in [0.4, 0.5) is 4.79 Å². The molecule has 3 atom stereocenters. The first-order valence-electron chi connectivity index (χ1n) is 8.33. The maximum atomic E-state index is 12.3. The highest BCUT2D eigenvalue weighted by Crippen LogP contribution is 2.35. The maximum absolute atomic E-state index is 12.3. The maximum Gasteiger partial charge on any atom is 0.407 e. The number of carbonyl (C=O) groups excluding carboxylic acids is 2. The van der Waals surface area contributed by atoms with Gasteiger partial charge in [0, 0.05) is 18.4 Å². The van der Waals surface area contributed by atoms with Crippen molar-refractivity contribution in [3.63, 3.8) is 0 Å². The van der Waals surface area contributed by atoms with Gasteiger partial charge in [0.2, 0.25) is 0 Å². The Morgan fingerprint density at radius 3 is 2.52 bits per heavy atom. The standard InChI is InChI=1S/C19H27NO3/c1-13(20-18(22)23-19(2,3)4)16-12-15(10-11-17(16)21)14-8-6-5-7-9-14/h5-9,13,15-16H,10-12H2,1-4H3,(H,20,22). The number of hydrogen-bond acceptors (Lipinski definition) is 3. The van der Waals surface area contributed by atoms with E-state index in [-0.39, 0.29) is 17.7 Å². The summed E-state index contributed by atoms with van der Waals surface area (Å²) in [6, 6.07) is 10.1. The molecule has 3 unspecified atom stereocenters. The molecule has 126 valence electrons. The lowest BCUT2D eigenvalue weighted by Gasteiger charge is -2.33. The lowest BCUT2D eigenvalue weighted by Crippen LogP contribution is -2.45. The molecule has 1 saturated carbocycles. The molecule has 0 aromatic heterocycles. The minimum Gasteiger partial charge on any atom is -0.444 e. The predicted octanol–water partition coefficient (Wildman–Crippen LogP) is 4.05. The Labute approximate surface area is 138 Å². The molecule has 0 radical (unpaired) electrons. The first-order chi connectivity index (χ1) is 10.8. The summed E-state index contributed by atoms with van der Waals surface area (Å²) in [5.74, 6) is 0.462. The number of alkyl carbamates (subject to hydrolysis) is 1. The molecule has 0 bridgehead atoms. The molecule has 1 amide bonds. The Kier molecular flexibility index (Phi) is 5.45. The summed E-state index contributed by atoms with van der Waals surface area (Å²) in [6.07, 6.45) is 1.78. The first kappa shape index (κ1) is 17.5. The largest absolute Gasteiger partial charge is 0.444 e. The van der Waals surface area contributed by atoms with Gasteiger partial charge in [0.1, 0.15) is 11.4 Å². The summed E-state index contributed by atoms with van der Waals surface area (Å²) in [7, 11) is 0. The van der Waals surface area contributed by atoms with Crippen molar-refractivity contribution in [3.8, 4) is 0 Å². The SMILES string of the molecule is CC(NC(=O)OC(C)(C)C)C1CC(c2ccccc2)CCC1=O. The molecule has 0 saturated heterocycles. The van der Waals surface area contributed by atoms with Crippen molar-refractivity contribution >= 4 is 11.9 Å². The van der Waals surface area contributed by atoms with Gasteiger partial charge >= 0.3 is 6.09 Å². The Balaban J connectivity index is 1.99. The number of benzene rings is 1. The van der Waals surface area contributed by atoms with Gasteiger partial charge in [-0.2, -0.15) is 0 Å². The van der Waals surface area contributed by atoms with Gasteiger partial charge in [0.25, 0.3) is 0 Å². The fourth-order valence-electron chi connectivity index (χ4n) is 3.16. The van der Waals surface area contributed by atoms with Crippen molar-refractivity contribution < 1.29 is 14.3 Å². The van der Waals surface area contributed by atoms with Crippen LogP contribution in [0, 0.1) is 5.92 Å². The fraction of sp³-hybridized carbons (Fsp3) is 0.579. The summed E-state index contributed by atoms with van der Waals surface area (Å²) in [5.41, 5.74) is 0.738. The van der Waals surface area contributed by atoms with Crippen LogP contribution < -0.4 is 5.32 Å². The summed E-state index contributed by atoms with van der Waals surface area (Å²) >= 11 is 0. The van der Waals surface area contributed by atoms with Crippen LogP contribution in [0.2, 0.25) is 0 Å². The van der Waals surface area contributed by atoms with E-state index in [0.29, 0.717) is 12.3 Å². The van der Waals surface area contributed by atoms with Crippen molar-refractivity contribution in [3.05, 3.63) is 35.9 Å². The molecule has 1 N–H and O–H groups in total. The van der Waals surface area contributed by atoms with E-state index in [4.69, 9.17) is 4.74 Å². The minimum absolute atomic E-state index is 0.151. The summed E-state index contributed by atoms with van der Waals surface area (Å²) < 4.78 is 5.28. The Bertz CT molecular complexity index is 547. The molecule has 0 aliphatic heterocycles. The Hall–Kier alpha value is -1.84. The molecule has 1 aromatic carbocycles. The minimum atomic E-state index is -0.535. The summed E-state index contributed by atoms with van der Waals surface area (Å²) in [5, 5.41) is 2.83. The zero-order valence-electron chi connectivity index (χ0n) is 14.5. The van der Waals surface area contributed by atoms with Crippen molar-refractivity contribution in [1.82, 2.24) is 5.32 Å². The molecule has 1 aromatic rings. The van der Waals surface area contributed by atoms with E-state index in [0.717, 1.165) is 12.8 Å². The van der Waals surface area contributed by atoms with Gasteiger partial charge in [-0.15, -0.1) is 0 Å². The number of carbonyl (C=O) groups is 2. The average Bonchev–Trinajstić information content (AvgIpc) is 2.46. The number of amides is 1. The molecular weight excluding hydrogens is 290 g/mol. The number of rotatable bonds is 3. The van der Waals surface area contributed by atoms with Gasteiger partial charge in [-0.05, 0) is 52.0 Å². The van der Waals surface area contributed by atoms with Crippen molar-refractivity contribution in [2.75, 3.05) is 0 Å². The molecule has 1 aliphatic rings. The molecule has 23 heavy (non-hydrogen) atoms. The molecule has 1 fully saturated rings. The number of ether oxygens (including phenoxy) is 1. The van der Waals surface area contributed by atoms with Crippen LogP contribution in [0.3, 0.4) is 0 Å². The molecule has 0 spiro atoms. The van der Waals surface area contributed by atoms with Crippen LogP contribution in [0.25, 0.3) is 0 Å². The highest BCUT2D eigenvalue weighted by molar-refractivity contribution is 5.83. The lowest BCUT2D eigenvalue weighted by molar-refractivity contribution is -0.125. The van der Waals surface area contributed by atoms with Crippen molar-refractivity contribution in [2.24, 2.45) is 5.92 Å². The van der Waals surface area contributed by atoms with E-state index in [1.807, 2.05) is 45.9 Å². The fourth-order valence-corrected chi connectivity index (χ4v) is 3.16. The molecule has 4 heteroatoms. The second kappa shape index (κ2) is 7.16. The quantitative estimate of drug-likeness (QED) is 0.915. The number of Topliss-reactive ketones (excluding diaryl/α,β-unsaturated/α-hetero) is 1. The highest BCUT2D eigenvalue weighted by atomic mass is 16.6. The van der Waals surface area contributed by atoms with E-state index in [2.05, 4.69) is 17.4 Å². The summed E-state index contributed by atoms with van der Waals surface area (Å²) in [4.78, 5) is 24.2. The first-order valence-corrected chi connectivity index (χ1v) is 8.33. The summed E-state index contributed by atoms with van der Waals surface area (Å²) in [6.45, 7) is 7.37. The third kappa shape index (κ3) is 5.08. The van der Waals surface area contributed by atoms with Gasteiger partial charge in [-0.3, -0.25) is 4.79 Å². The second-order valence-corrected chi connectivity index (χ2v) is 7.39. The molecule has 4 nitrogen and oxygen atoms in total. The van der Waals surface area contributed by atoms with Crippen LogP contribution in [0.15, 0.2) is 30.3 Å². The van der Waals surface area contributed by atoms with Gasteiger partial charge in [0.05, 0.1) is 0 Å². The van der Waals surface area contributed by atoms with Crippen LogP contribution in [-0.4, -0.2) is 23.5 Å². The van der Waals surface area contributed by atoms with Gasteiger partial charge in [-0.1, -0.05) is 30.3 Å². The predicted molar refractivity (Wildman–Crippen MR) is 90.4 cm³/mol. The van der Waals surface area contributed by atoms with Crippen molar-refractivity contribution in [2.45, 2.75) is 64.5 Å². The van der Waals surface area contributed by atoms with Gasteiger partial charge < -0.3 is 10.1 Å². The molecule has 0 heterocycles. The average molecular weight is 317 g/mol. The van der Waals surface area contributed by atoms with Crippen molar-refractivity contribution in [1.29, 1.82) is 0 Å². The third-order valence-electron chi connectivity index (χ3n) is 4.31.